The first-order chi connectivity index (χ1) is 11.2. The molecule has 0 aromatic carbocycles. The fourth-order valence-electron chi connectivity index (χ4n) is 4.12. The van der Waals surface area contributed by atoms with Gasteiger partial charge < -0.3 is 19.9 Å². The minimum atomic E-state index is -0.0135. The maximum absolute atomic E-state index is 5.87. The van der Waals surface area contributed by atoms with E-state index < -0.39 is 0 Å². The predicted molar refractivity (Wildman–Crippen MR) is 103 cm³/mol. The van der Waals surface area contributed by atoms with Crippen LogP contribution in [0.5, 0.6) is 0 Å². The largest absolute Gasteiger partial charge is 0.375 e. The molecule has 1 unspecified atom stereocenters. The zero-order chi connectivity index (χ0) is 17.6. The van der Waals surface area contributed by atoms with Gasteiger partial charge in [0.25, 0.3) is 0 Å². The molecule has 24 heavy (non-hydrogen) atoms. The number of nitrogens with zero attached hydrogens (tertiary/aromatic N) is 2. The molecule has 2 saturated heterocycles. The molecule has 0 radical (unpaired) electrons. The van der Waals surface area contributed by atoms with Gasteiger partial charge in [-0.25, -0.2) is 0 Å². The van der Waals surface area contributed by atoms with Gasteiger partial charge in [-0.2, -0.15) is 0 Å². The lowest BCUT2D eigenvalue weighted by atomic mass is 9.90. The van der Waals surface area contributed by atoms with E-state index in [0.717, 1.165) is 25.6 Å². The molecule has 2 heterocycles. The Bertz CT molecular complexity index is 358. The molecule has 0 aromatic heterocycles. The normalized spacial score (nSPS) is 24.1. The second-order valence-electron chi connectivity index (χ2n) is 9.48. The van der Waals surface area contributed by atoms with Crippen LogP contribution in [-0.2, 0) is 4.74 Å². The number of nitrogens with one attached hydrogen (secondary N) is 1. The summed E-state index contributed by atoms with van der Waals surface area (Å²) < 4.78 is 5.87. The first-order valence-corrected chi connectivity index (χ1v) is 10.1. The van der Waals surface area contributed by atoms with Crippen molar-refractivity contribution >= 4 is 0 Å². The molecule has 0 spiro atoms. The molecular formula is C20H41N3O. The van der Waals surface area contributed by atoms with Crippen molar-refractivity contribution in [2.75, 3.05) is 52.4 Å². The van der Waals surface area contributed by atoms with Gasteiger partial charge in [0.1, 0.15) is 0 Å². The van der Waals surface area contributed by atoms with E-state index in [-0.39, 0.29) is 11.1 Å². The third-order valence-corrected chi connectivity index (χ3v) is 5.34. The summed E-state index contributed by atoms with van der Waals surface area (Å²) in [6.45, 7) is 20.5. The third-order valence-electron chi connectivity index (χ3n) is 5.34. The molecule has 2 aliphatic rings. The zero-order valence-corrected chi connectivity index (χ0v) is 16.9. The number of hydrogen-bond acceptors (Lipinski definition) is 4. The van der Waals surface area contributed by atoms with Crippen LogP contribution in [0.15, 0.2) is 0 Å². The summed E-state index contributed by atoms with van der Waals surface area (Å²) >= 11 is 0. The van der Waals surface area contributed by atoms with Crippen molar-refractivity contribution < 1.29 is 4.74 Å². The van der Waals surface area contributed by atoms with E-state index in [2.05, 4.69) is 49.7 Å². The summed E-state index contributed by atoms with van der Waals surface area (Å²) in [5.74, 6) is 0.828. The number of likely N-dealkylation sites (tertiary alicyclic amines) is 2. The van der Waals surface area contributed by atoms with Crippen LogP contribution in [0.1, 0.15) is 60.3 Å². The second kappa shape index (κ2) is 8.98. The van der Waals surface area contributed by atoms with Crippen LogP contribution in [-0.4, -0.2) is 73.4 Å². The van der Waals surface area contributed by atoms with E-state index in [9.17, 15) is 0 Å². The van der Waals surface area contributed by atoms with Gasteiger partial charge in [0, 0.05) is 31.7 Å². The predicted octanol–water partition coefficient (Wildman–Crippen LogP) is 2.98. The van der Waals surface area contributed by atoms with Crippen LogP contribution in [0.3, 0.4) is 0 Å². The third kappa shape index (κ3) is 7.81. The molecule has 4 heteroatoms. The summed E-state index contributed by atoms with van der Waals surface area (Å²) in [7, 11) is 0. The van der Waals surface area contributed by atoms with E-state index in [4.69, 9.17) is 4.74 Å². The Kier molecular flexibility index (Phi) is 7.54. The summed E-state index contributed by atoms with van der Waals surface area (Å²) in [6.07, 6.45) is 5.40. The zero-order valence-electron chi connectivity index (χ0n) is 16.9. The van der Waals surface area contributed by atoms with Gasteiger partial charge in [-0.15, -0.1) is 0 Å². The number of ether oxygens (including phenoxy) is 1. The van der Waals surface area contributed by atoms with Gasteiger partial charge in [-0.1, -0.05) is 0 Å². The molecule has 2 aliphatic heterocycles. The van der Waals surface area contributed by atoms with Crippen molar-refractivity contribution in [2.24, 2.45) is 5.92 Å². The Labute approximate surface area is 150 Å². The summed E-state index contributed by atoms with van der Waals surface area (Å²) in [4.78, 5) is 5.17. The van der Waals surface area contributed by atoms with Crippen molar-refractivity contribution in [3.8, 4) is 0 Å². The smallest absolute Gasteiger partial charge is 0.0600 e. The molecule has 4 nitrogen and oxygen atoms in total. The van der Waals surface area contributed by atoms with Crippen molar-refractivity contribution in [3.63, 3.8) is 0 Å². The van der Waals surface area contributed by atoms with Crippen LogP contribution in [0.4, 0.5) is 0 Å². The number of rotatable bonds is 9. The quantitative estimate of drug-likeness (QED) is 0.699. The Morgan fingerprint density at radius 1 is 0.958 bits per heavy atom. The molecule has 142 valence electrons. The highest BCUT2D eigenvalue weighted by atomic mass is 16.5. The Balaban J connectivity index is 1.60. The lowest BCUT2D eigenvalue weighted by molar-refractivity contribution is -0.0113. The Morgan fingerprint density at radius 3 is 2.33 bits per heavy atom. The van der Waals surface area contributed by atoms with E-state index in [1.807, 2.05) is 0 Å². The highest BCUT2D eigenvalue weighted by Gasteiger charge is 2.28. The average molecular weight is 340 g/mol. The number of hydrogen-bond donors (Lipinski definition) is 1. The van der Waals surface area contributed by atoms with Gasteiger partial charge >= 0.3 is 0 Å². The van der Waals surface area contributed by atoms with Gasteiger partial charge in [0.15, 0.2) is 0 Å². The topological polar surface area (TPSA) is 27.7 Å². The van der Waals surface area contributed by atoms with Gasteiger partial charge in [0.2, 0.25) is 0 Å². The van der Waals surface area contributed by atoms with Gasteiger partial charge in [-0.05, 0) is 85.9 Å². The molecule has 0 saturated carbocycles. The van der Waals surface area contributed by atoms with E-state index >= 15 is 0 Å². The minimum absolute atomic E-state index is 0.0135. The second-order valence-corrected chi connectivity index (χ2v) is 9.48. The van der Waals surface area contributed by atoms with Crippen molar-refractivity contribution in [1.82, 2.24) is 15.1 Å². The SMILES string of the molecule is CC(C)(CC1CCN(CCOC(C)(C)C)C1)NCCN1CCCC1. The summed E-state index contributed by atoms with van der Waals surface area (Å²) in [6, 6.07) is 0. The fraction of sp³-hybridized carbons (Fsp3) is 1.00. The molecule has 1 N–H and O–H groups in total. The summed E-state index contributed by atoms with van der Waals surface area (Å²) in [5.41, 5.74) is 0.239. The standard InChI is InChI=1S/C20H41N3O/c1-19(2,3)24-15-14-23-12-8-18(17-23)16-20(4,5)21-9-13-22-10-6-7-11-22/h18,21H,6-17H2,1-5H3. The van der Waals surface area contributed by atoms with Crippen LogP contribution in [0.2, 0.25) is 0 Å². The monoisotopic (exact) mass is 339 g/mol. The first-order valence-electron chi connectivity index (χ1n) is 10.1. The lowest BCUT2D eigenvalue weighted by Gasteiger charge is -2.30. The first kappa shape index (κ1) is 20.2. The molecule has 2 fully saturated rings. The maximum atomic E-state index is 5.87. The van der Waals surface area contributed by atoms with Crippen molar-refractivity contribution in [3.05, 3.63) is 0 Å². The molecule has 0 aliphatic carbocycles. The van der Waals surface area contributed by atoms with Crippen molar-refractivity contribution in [1.29, 1.82) is 0 Å². The van der Waals surface area contributed by atoms with Crippen LogP contribution < -0.4 is 5.32 Å². The highest BCUT2D eigenvalue weighted by Crippen LogP contribution is 2.25. The molecule has 0 amide bonds. The van der Waals surface area contributed by atoms with Crippen LogP contribution in [0.25, 0.3) is 0 Å². The van der Waals surface area contributed by atoms with Crippen LogP contribution >= 0.6 is 0 Å². The molecule has 1 atom stereocenters. The van der Waals surface area contributed by atoms with Gasteiger partial charge in [-0.3, -0.25) is 0 Å². The lowest BCUT2D eigenvalue weighted by Crippen LogP contribution is -2.44. The average Bonchev–Trinajstić information content (AvgIpc) is 3.09. The molecular weight excluding hydrogens is 298 g/mol. The van der Waals surface area contributed by atoms with E-state index in [1.54, 1.807) is 0 Å². The molecule has 0 aromatic rings. The Morgan fingerprint density at radius 2 is 1.67 bits per heavy atom. The summed E-state index contributed by atoms with van der Waals surface area (Å²) in [5, 5.41) is 3.81. The van der Waals surface area contributed by atoms with Crippen LogP contribution in [0, 0.1) is 5.92 Å². The maximum Gasteiger partial charge on any atom is 0.0600 e. The molecule has 0 bridgehead atoms. The highest BCUT2D eigenvalue weighted by molar-refractivity contribution is 4.86. The van der Waals surface area contributed by atoms with E-state index in [1.165, 1.54) is 58.4 Å². The fourth-order valence-corrected chi connectivity index (χ4v) is 4.12. The van der Waals surface area contributed by atoms with E-state index in [0.29, 0.717) is 0 Å². The van der Waals surface area contributed by atoms with Gasteiger partial charge in [0.05, 0.1) is 12.2 Å². The Hall–Kier alpha value is -0.160. The minimum Gasteiger partial charge on any atom is -0.375 e. The van der Waals surface area contributed by atoms with Crippen molar-refractivity contribution in [2.45, 2.75) is 71.4 Å². The molecule has 2 rings (SSSR count).